The number of hydrogen-bond acceptors (Lipinski definition) is 7. The van der Waals surface area contributed by atoms with E-state index in [4.69, 9.17) is 9.90 Å². The molecule has 1 aromatic carbocycles. The largest absolute Gasteiger partial charge is 0.490 e. The van der Waals surface area contributed by atoms with Gasteiger partial charge in [0, 0.05) is 37.2 Å². The van der Waals surface area contributed by atoms with Crippen molar-refractivity contribution in [3.8, 4) is 0 Å². The summed E-state index contributed by atoms with van der Waals surface area (Å²) in [6.07, 6.45) is -3.51. The Balaban J connectivity index is 0.000000406. The number of aliphatic carboxylic acids is 1. The van der Waals surface area contributed by atoms with Crippen LogP contribution in [-0.2, 0) is 9.59 Å². The second kappa shape index (κ2) is 10.8. The fourth-order valence-corrected chi connectivity index (χ4v) is 4.45. The van der Waals surface area contributed by atoms with Crippen LogP contribution in [0.25, 0.3) is 0 Å². The lowest BCUT2D eigenvalue weighted by molar-refractivity contribution is -0.192. The fourth-order valence-electron chi connectivity index (χ4n) is 3.92. The van der Waals surface area contributed by atoms with Crippen molar-refractivity contribution < 1.29 is 32.7 Å². The van der Waals surface area contributed by atoms with Crippen LogP contribution in [0.1, 0.15) is 23.3 Å². The van der Waals surface area contributed by atoms with Crippen LogP contribution in [0.15, 0.2) is 41.2 Å². The summed E-state index contributed by atoms with van der Waals surface area (Å²) in [4.78, 5) is 42.0. The second-order valence-electron chi connectivity index (χ2n) is 7.73. The number of likely N-dealkylation sites (tertiary alicyclic amines) is 1. The van der Waals surface area contributed by atoms with Crippen molar-refractivity contribution in [1.29, 1.82) is 0 Å². The zero-order valence-electron chi connectivity index (χ0n) is 18.0. The molecule has 2 aliphatic rings. The van der Waals surface area contributed by atoms with Gasteiger partial charge in [-0.25, -0.2) is 9.78 Å². The summed E-state index contributed by atoms with van der Waals surface area (Å²) in [6, 6.07) is 10.1. The van der Waals surface area contributed by atoms with Crippen LogP contribution in [0, 0.1) is 0 Å². The molecule has 2 aromatic rings. The highest BCUT2D eigenvalue weighted by atomic mass is 32.1. The lowest BCUT2D eigenvalue weighted by Gasteiger charge is -2.43. The molecule has 4 rings (SSSR count). The van der Waals surface area contributed by atoms with E-state index in [-0.39, 0.29) is 11.8 Å². The van der Waals surface area contributed by atoms with Crippen LogP contribution in [0.2, 0.25) is 0 Å². The first kappa shape index (κ1) is 25.4. The van der Waals surface area contributed by atoms with Crippen molar-refractivity contribution in [2.24, 2.45) is 0 Å². The zero-order chi connectivity index (χ0) is 24.8. The molecular formula is C21H24F3N5O4S. The number of benzene rings is 1. The molecule has 1 aromatic heterocycles. The number of carboxylic acids is 1. The molecule has 3 N–H and O–H groups in total. The van der Waals surface area contributed by atoms with Gasteiger partial charge in [0.1, 0.15) is 11.2 Å². The molecular weight excluding hydrogens is 475 g/mol. The zero-order valence-corrected chi connectivity index (χ0v) is 18.9. The maximum Gasteiger partial charge on any atom is 0.490 e. The van der Waals surface area contributed by atoms with E-state index in [0.717, 1.165) is 38.2 Å². The van der Waals surface area contributed by atoms with Gasteiger partial charge in [0.05, 0.1) is 12.2 Å². The predicted molar refractivity (Wildman–Crippen MR) is 118 cm³/mol. The number of carbonyl (C=O) groups is 3. The Labute approximate surface area is 197 Å². The van der Waals surface area contributed by atoms with Crippen molar-refractivity contribution >= 4 is 34.8 Å². The topological polar surface area (TPSA) is 115 Å². The smallest absolute Gasteiger partial charge is 0.475 e. The Kier molecular flexibility index (Phi) is 8.10. The summed E-state index contributed by atoms with van der Waals surface area (Å²) in [6.45, 7) is 3.59. The Morgan fingerprint density at radius 2 is 1.85 bits per heavy atom. The van der Waals surface area contributed by atoms with Gasteiger partial charge in [-0.1, -0.05) is 18.2 Å². The molecule has 9 nitrogen and oxygen atoms in total. The normalized spacial score (nSPS) is 17.6. The Morgan fingerprint density at radius 3 is 2.41 bits per heavy atom. The third-order valence-electron chi connectivity index (χ3n) is 5.71. The number of halogens is 3. The average molecular weight is 500 g/mol. The molecule has 0 atom stereocenters. The van der Waals surface area contributed by atoms with Crippen LogP contribution < -0.4 is 15.5 Å². The highest BCUT2D eigenvalue weighted by Crippen LogP contribution is 2.35. The molecule has 0 radical (unpaired) electrons. The standard InChI is InChI=1S/C19H23N5O2S.C2HF3O2/c25-17(16-12-27-14-22-16)20-8-11-23-9-6-19(7-10-23)18(26)21-13-24(19)15-4-2-1-3-5-15;3-2(4,5)1(6)7/h1-5,12,14H,6-11,13H2,(H,20,25)(H,21,26);(H,6,7). The first-order valence-corrected chi connectivity index (χ1v) is 11.4. The molecule has 34 heavy (non-hydrogen) atoms. The highest BCUT2D eigenvalue weighted by Gasteiger charge is 2.50. The van der Waals surface area contributed by atoms with Crippen LogP contribution in [0.3, 0.4) is 0 Å². The molecule has 13 heteroatoms. The van der Waals surface area contributed by atoms with E-state index in [1.165, 1.54) is 11.3 Å². The van der Waals surface area contributed by atoms with E-state index >= 15 is 0 Å². The number of anilines is 1. The minimum Gasteiger partial charge on any atom is -0.475 e. The minimum absolute atomic E-state index is 0.128. The SMILES string of the molecule is O=C(NCCN1CCC2(CC1)C(=O)NCN2c1ccccc1)c1cscn1.O=C(O)C(F)(F)F. The molecule has 0 unspecified atom stereocenters. The molecule has 2 aliphatic heterocycles. The number of alkyl halides is 3. The van der Waals surface area contributed by atoms with Gasteiger partial charge in [0.25, 0.3) is 5.91 Å². The predicted octanol–water partition coefficient (Wildman–Crippen LogP) is 1.93. The number of amides is 2. The van der Waals surface area contributed by atoms with Crippen LogP contribution >= 0.6 is 11.3 Å². The van der Waals surface area contributed by atoms with Crippen molar-refractivity contribution in [2.45, 2.75) is 24.6 Å². The Morgan fingerprint density at radius 1 is 1.21 bits per heavy atom. The third kappa shape index (κ3) is 6.03. The van der Waals surface area contributed by atoms with Crippen molar-refractivity contribution in [1.82, 2.24) is 20.5 Å². The van der Waals surface area contributed by atoms with Crippen molar-refractivity contribution in [3.05, 3.63) is 46.9 Å². The van der Waals surface area contributed by atoms with Gasteiger partial charge in [-0.2, -0.15) is 13.2 Å². The number of carbonyl (C=O) groups excluding carboxylic acids is 2. The summed E-state index contributed by atoms with van der Waals surface area (Å²) in [5, 5.41) is 14.8. The van der Waals surface area contributed by atoms with Crippen molar-refractivity contribution in [3.63, 3.8) is 0 Å². The maximum atomic E-state index is 12.6. The van der Waals surface area contributed by atoms with Gasteiger partial charge in [-0.3, -0.25) is 9.59 Å². The van der Waals surface area contributed by atoms with E-state index in [9.17, 15) is 22.8 Å². The van der Waals surface area contributed by atoms with E-state index in [1.807, 2.05) is 18.2 Å². The number of nitrogens with one attached hydrogen (secondary N) is 2. The number of thiazole rings is 1. The van der Waals surface area contributed by atoms with Gasteiger partial charge in [0.15, 0.2) is 0 Å². The molecule has 2 saturated heterocycles. The lowest BCUT2D eigenvalue weighted by atomic mass is 9.85. The van der Waals surface area contributed by atoms with Gasteiger partial charge in [-0.15, -0.1) is 11.3 Å². The Bertz CT molecular complexity index is 980. The summed E-state index contributed by atoms with van der Waals surface area (Å²) in [5.74, 6) is -2.76. The van der Waals surface area contributed by atoms with Gasteiger partial charge >= 0.3 is 12.1 Å². The molecule has 184 valence electrons. The number of carboxylic acid groups (broad SMARTS) is 1. The van der Waals surface area contributed by atoms with E-state index in [0.29, 0.717) is 18.9 Å². The first-order chi connectivity index (χ1) is 16.1. The summed E-state index contributed by atoms with van der Waals surface area (Å²) in [5.41, 5.74) is 2.75. The highest BCUT2D eigenvalue weighted by molar-refractivity contribution is 7.07. The van der Waals surface area contributed by atoms with Crippen LogP contribution in [-0.4, -0.2) is 77.3 Å². The second-order valence-corrected chi connectivity index (χ2v) is 8.45. The average Bonchev–Trinajstić information content (AvgIpc) is 3.45. The summed E-state index contributed by atoms with van der Waals surface area (Å²) < 4.78 is 31.7. The van der Waals surface area contributed by atoms with Crippen LogP contribution in [0.5, 0.6) is 0 Å². The monoisotopic (exact) mass is 499 g/mol. The van der Waals surface area contributed by atoms with E-state index < -0.39 is 17.7 Å². The molecule has 0 aliphatic carbocycles. The number of piperidine rings is 1. The summed E-state index contributed by atoms with van der Waals surface area (Å²) >= 11 is 1.41. The number of para-hydroxylation sites is 1. The van der Waals surface area contributed by atoms with Crippen molar-refractivity contribution in [2.75, 3.05) is 37.7 Å². The Hall–Kier alpha value is -3.19. The molecule has 0 saturated carbocycles. The molecule has 3 heterocycles. The number of hydrogen-bond donors (Lipinski definition) is 3. The lowest BCUT2D eigenvalue weighted by Crippen LogP contribution is -2.57. The first-order valence-electron chi connectivity index (χ1n) is 10.4. The quantitative estimate of drug-likeness (QED) is 0.576. The molecule has 1 spiro atoms. The number of nitrogens with zero attached hydrogens (tertiary/aromatic N) is 3. The maximum absolute atomic E-state index is 12.6. The third-order valence-corrected chi connectivity index (χ3v) is 6.30. The molecule has 2 amide bonds. The summed E-state index contributed by atoms with van der Waals surface area (Å²) in [7, 11) is 0. The van der Waals surface area contributed by atoms with Gasteiger partial charge in [-0.05, 0) is 25.0 Å². The fraction of sp³-hybridized carbons (Fsp3) is 0.429. The molecule has 2 fully saturated rings. The van der Waals surface area contributed by atoms with E-state index in [2.05, 4.69) is 37.6 Å². The molecule has 0 bridgehead atoms. The van der Waals surface area contributed by atoms with Gasteiger partial charge < -0.3 is 25.5 Å². The van der Waals surface area contributed by atoms with E-state index in [1.54, 1.807) is 10.9 Å². The van der Waals surface area contributed by atoms with Crippen LogP contribution in [0.4, 0.5) is 18.9 Å². The minimum atomic E-state index is -5.08. The number of rotatable bonds is 5. The van der Waals surface area contributed by atoms with Gasteiger partial charge in [0.2, 0.25) is 5.91 Å². The number of aromatic nitrogens is 1.